The molecule has 1 fully saturated rings. The Morgan fingerprint density at radius 3 is 2.35 bits per heavy atom. The predicted octanol–water partition coefficient (Wildman–Crippen LogP) is 1.57. The minimum Gasteiger partial charge on any atom is -0.312 e. The molecule has 2 atom stereocenters. The van der Waals surface area contributed by atoms with E-state index >= 15 is 0 Å². The van der Waals surface area contributed by atoms with Gasteiger partial charge in [0.1, 0.15) is 0 Å². The van der Waals surface area contributed by atoms with Gasteiger partial charge in [0.25, 0.3) is 0 Å². The fourth-order valence-electron chi connectivity index (χ4n) is 2.77. The van der Waals surface area contributed by atoms with Gasteiger partial charge in [0.05, 0.1) is 21.7 Å². The Labute approximate surface area is 139 Å². The number of sulfone groups is 2. The van der Waals surface area contributed by atoms with Crippen LogP contribution in [0.15, 0.2) is 29.2 Å². The molecule has 1 aromatic rings. The number of aryl methyl sites for hydroxylation is 1. The van der Waals surface area contributed by atoms with Crippen molar-refractivity contribution in [3.63, 3.8) is 0 Å². The number of hydrogen-bond acceptors (Lipinski definition) is 5. The largest absolute Gasteiger partial charge is 0.312 e. The van der Waals surface area contributed by atoms with Gasteiger partial charge >= 0.3 is 0 Å². The molecule has 1 N–H and O–H groups in total. The molecule has 1 aliphatic rings. The first-order valence-corrected chi connectivity index (χ1v) is 11.2. The number of hydrogen-bond donors (Lipinski definition) is 1. The van der Waals surface area contributed by atoms with E-state index < -0.39 is 31.0 Å². The van der Waals surface area contributed by atoms with E-state index in [0.717, 1.165) is 12.0 Å². The molecule has 0 aliphatic carbocycles. The molecule has 0 spiro atoms. The standard InChI is InChI=1S/C16H25NO4S2/c1-12(2)8-9-17-15-10-22(18,19)11-16(15)23(20,21)14-6-4-13(3)5-7-14/h4-7,12,15-17H,8-11H2,1-3H3/t15-,16-/m0/s1. The first-order chi connectivity index (χ1) is 10.6. The third-order valence-corrected chi connectivity index (χ3v) is 8.34. The van der Waals surface area contributed by atoms with Crippen LogP contribution in [0.2, 0.25) is 0 Å². The van der Waals surface area contributed by atoms with Crippen LogP contribution in [0, 0.1) is 12.8 Å². The van der Waals surface area contributed by atoms with Crippen molar-refractivity contribution in [1.29, 1.82) is 0 Å². The summed E-state index contributed by atoms with van der Waals surface area (Å²) in [5.74, 6) is 0.0660. The summed E-state index contributed by atoms with van der Waals surface area (Å²) < 4.78 is 49.6. The van der Waals surface area contributed by atoms with Crippen LogP contribution >= 0.6 is 0 Å². The molecular formula is C16H25NO4S2. The summed E-state index contributed by atoms with van der Waals surface area (Å²) in [5.41, 5.74) is 0.967. The van der Waals surface area contributed by atoms with Gasteiger partial charge in [-0.15, -0.1) is 0 Å². The van der Waals surface area contributed by atoms with E-state index in [-0.39, 0.29) is 16.4 Å². The second-order valence-electron chi connectivity index (χ2n) is 6.72. The van der Waals surface area contributed by atoms with Crippen molar-refractivity contribution in [2.24, 2.45) is 5.92 Å². The second kappa shape index (κ2) is 6.91. The maximum Gasteiger partial charge on any atom is 0.183 e. The van der Waals surface area contributed by atoms with E-state index in [9.17, 15) is 16.8 Å². The molecule has 0 bridgehead atoms. The maximum atomic E-state index is 12.8. The zero-order valence-electron chi connectivity index (χ0n) is 13.8. The highest BCUT2D eigenvalue weighted by atomic mass is 32.2. The molecule has 130 valence electrons. The van der Waals surface area contributed by atoms with Crippen LogP contribution in [0.1, 0.15) is 25.8 Å². The molecule has 0 aromatic heterocycles. The Morgan fingerprint density at radius 1 is 1.17 bits per heavy atom. The number of benzene rings is 1. The first-order valence-electron chi connectivity index (χ1n) is 7.86. The monoisotopic (exact) mass is 359 g/mol. The van der Waals surface area contributed by atoms with Crippen LogP contribution in [0.4, 0.5) is 0 Å². The van der Waals surface area contributed by atoms with Gasteiger partial charge in [-0.3, -0.25) is 0 Å². The quantitative estimate of drug-likeness (QED) is 0.834. The summed E-state index contributed by atoms with van der Waals surface area (Å²) in [5, 5.41) is 2.23. The van der Waals surface area contributed by atoms with Crippen LogP contribution in [0.25, 0.3) is 0 Å². The Bertz CT molecular complexity index is 737. The average Bonchev–Trinajstić information content (AvgIpc) is 2.75. The summed E-state index contributed by atoms with van der Waals surface area (Å²) in [6.45, 7) is 6.66. The molecule has 7 heteroatoms. The van der Waals surface area contributed by atoms with Gasteiger partial charge in [-0.1, -0.05) is 31.5 Å². The van der Waals surface area contributed by atoms with Crippen LogP contribution < -0.4 is 5.32 Å². The van der Waals surface area contributed by atoms with Gasteiger partial charge in [-0.05, 0) is 37.9 Å². The predicted molar refractivity (Wildman–Crippen MR) is 92.1 cm³/mol. The van der Waals surface area contributed by atoms with Gasteiger partial charge in [0.15, 0.2) is 19.7 Å². The van der Waals surface area contributed by atoms with E-state index in [4.69, 9.17) is 0 Å². The molecule has 0 radical (unpaired) electrons. The second-order valence-corrected chi connectivity index (χ2v) is 11.0. The third kappa shape index (κ3) is 4.55. The molecule has 0 saturated carbocycles. The molecule has 5 nitrogen and oxygen atoms in total. The summed E-state index contributed by atoms with van der Waals surface area (Å²) in [6, 6.07) is 6.04. The molecule has 1 aliphatic heterocycles. The topological polar surface area (TPSA) is 80.3 Å². The summed E-state index contributed by atoms with van der Waals surface area (Å²) >= 11 is 0. The molecule has 2 rings (SSSR count). The van der Waals surface area contributed by atoms with Crippen molar-refractivity contribution >= 4 is 19.7 Å². The summed E-state index contributed by atoms with van der Waals surface area (Å²) in [6.07, 6.45) is 0.883. The number of nitrogens with one attached hydrogen (secondary N) is 1. The van der Waals surface area contributed by atoms with Crippen molar-refractivity contribution < 1.29 is 16.8 Å². The highest BCUT2D eigenvalue weighted by Gasteiger charge is 2.45. The molecule has 23 heavy (non-hydrogen) atoms. The van der Waals surface area contributed by atoms with Crippen molar-refractivity contribution in [2.45, 2.75) is 43.4 Å². The van der Waals surface area contributed by atoms with E-state index in [1.54, 1.807) is 24.3 Å². The van der Waals surface area contributed by atoms with Crippen LogP contribution in [-0.2, 0) is 19.7 Å². The lowest BCUT2D eigenvalue weighted by atomic mass is 10.1. The molecule has 1 heterocycles. The van der Waals surface area contributed by atoms with Crippen molar-refractivity contribution in [1.82, 2.24) is 5.32 Å². The lowest BCUT2D eigenvalue weighted by molar-refractivity contribution is 0.483. The Balaban J connectivity index is 2.24. The zero-order valence-corrected chi connectivity index (χ0v) is 15.5. The Kier molecular flexibility index (Phi) is 5.53. The number of rotatable bonds is 6. The van der Waals surface area contributed by atoms with E-state index in [1.165, 1.54) is 0 Å². The van der Waals surface area contributed by atoms with Gasteiger partial charge in [-0.2, -0.15) is 0 Å². The minimum atomic E-state index is -3.67. The summed E-state index contributed by atoms with van der Waals surface area (Å²) in [7, 11) is -7.00. The average molecular weight is 360 g/mol. The van der Waals surface area contributed by atoms with Crippen LogP contribution in [0.5, 0.6) is 0 Å². The zero-order chi connectivity index (χ0) is 17.3. The van der Waals surface area contributed by atoms with Crippen molar-refractivity contribution in [3.8, 4) is 0 Å². The maximum absolute atomic E-state index is 12.8. The molecule has 0 unspecified atom stereocenters. The molecule has 0 amide bonds. The molecular weight excluding hydrogens is 334 g/mol. The van der Waals surface area contributed by atoms with Crippen LogP contribution in [-0.4, -0.2) is 46.2 Å². The molecule has 1 saturated heterocycles. The van der Waals surface area contributed by atoms with Crippen molar-refractivity contribution in [3.05, 3.63) is 29.8 Å². The first kappa shape index (κ1) is 18.4. The van der Waals surface area contributed by atoms with Gasteiger partial charge < -0.3 is 5.32 Å². The third-order valence-electron chi connectivity index (χ3n) is 4.18. The lowest BCUT2D eigenvalue weighted by Gasteiger charge is -2.20. The molecule has 1 aromatic carbocycles. The van der Waals surface area contributed by atoms with Crippen molar-refractivity contribution in [2.75, 3.05) is 18.1 Å². The van der Waals surface area contributed by atoms with E-state index in [2.05, 4.69) is 19.2 Å². The fraction of sp³-hybridized carbons (Fsp3) is 0.625. The van der Waals surface area contributed by atoms with Gasteiger partial charge in [-0.25, -0.2) is 16.8 Å². The van der Waals surface area contributed by atoms with Gasteiger partial charge in [0, 0.05) is 6.04 Å². The minimum absolute atomic E-state index is 0.110. The fourth-order valence-corrected chi connectivity index (χ4v) is 7.49. The lowest BCUT2D eigenvalue weighted by Crippen LogP contribution is -2.43. The van der Waals surface area contributed by atoms with Crippen LogP contribution in [0.3, 0.4) is 0 Å². The van der Waals surface area contributed by atoms with Gasteiger partial charge in [0.2, 0.25) is 0 Å². The van der Waals surface area contributed by atoms with E-state index in [0.29, 0.717) is 12.5 Å². The Morgan fingerprint density at radius 2 is 1.78 bits per heavy atom. The smallest absolute Gasteiger partial charge is 0.183 e. The SMILES string of the molecule is Cc1ccc(S(=O)(=O)[C@H]2CS(=O)(=O)C[C@@H]2NCCC(C)C)cc1. The highest BCUT2D eigenvalue weighted by molar-refractivity contribution is 7.96. The van der Waals surface area contributed by atoms with E-state index in [1.807, 2.05) is 6.92 Å². The normalized spacial score (nSPS) is 24.2. The highest BCUT2D eigenvalue weighted by Crippen LogP contribution is 2.26. The summed E-state index contributed by atoms with van der Waals surface area (Å²) in [4.78, 5) is 0.195. The Hall–Kier alpha value is -0.920.